The fraction of sp³-hybridized carbons (Fsp3) is 1.00. The van der Waals surface area contributed by atoms with Crippen LogP contribution in [-0.2, 0) is 9.05 Å². The lowest BCUT2D eigenvalue weighted by Gasteiger charge is -2.13. The number of hydrogen-bond acceptors (Lipinski definition) is 3. The summed E-state index contributed by atoms with van der Waals surface area (Å²) in [7, 11) is -2.72. The van der Waals surface area contributed by atoms with E-state index in [0.29, 0.717) is 0 Å². The van der Waals surface area contributed by atoms with Gasteiger partial charge in [-0.15, -0.1) is 0 Å². The molecule has 2 unspecified atom stereocenters. The number of hydrogen-bond donors (Lipinski definition) is 1. The number of halogens is 1. The van der Waals surface area contributed by atoms with Gasteiger partial charge in [0.1, 0.15) is 6.61 Å². The second kappa shape index (κ2) is 1.88. The van der Waals surface area contributed by atoms with Gasteiger partial charge in [0.05, 0.1) is 0 Å². The van der Waals surface area contributed by atoms with Crippen LogP contribution in [0.15, 0.2) is 0 Å². The molecule has 1 radical (unpaired) electrons. The van der Waals surface area contributed by atoms with Crippen LogP contribution in [0.2, 0.25) is 0 Å². The minimum absolute atomic E-state index is 0.138. The van der Waals surface area contributed by atoms with Crippen molar-refractivity contribution < 1.29 is 18.3 Å². The lowest BCUT2D eigenvalue weighted by atomic mass is 10.8. The van der Waals surface area contributed by atoms with Crippen LogP contribution < -0.4 is 0 Å². The Morgan fingerprint density at radius 1 is 1.88 bits per heavy atom. The van der Waals surface area contributed by atoms with Crippen LogP contribution in [0.3, 0.4) is 0 Å². The second-order valence-electron chi connectivity index (χ2n) is 1.61. The molecule has 8 heavy (non-hydrogen) atoms. The molecule has 1 heterocycles. The highest BCUT2D eigenvalue weighted by atomic mass is 31.2. The van der Waals surface area contributed by atoms with Crippen LogP contribution in [0, 0.1) is 0 Å². The van der Waals surface area contributed by atoms with Gasteiger partial charge in [0, 0.05) is 6.66 Å². The first-order valence-corrected chi connectivity index (χ1v) is 4.19. The first-order chi connectivity index (χ1) is 3.60. The van der Waals surface area contributed by atoms with Crippen LogP contribution in [0.5, 0.6) is 0 Å². The fourth-order valence-corrected chi connectivity index (χ4v) is 1.41. The van der Waals surface area contributed by atoms with Gasteiger partial charge in [-0.25, -0.2) is 4.39 Å². The van der Waals surface area contributed by atoms with Crippen LogP contribution in [0.1, 0.15) is 0 Å². The zero-order valence-corrected chi connectivity index (χ0v) is 5.27. The quantitative estimate of drug-likeness (QED) is 0.505. The molecule has 0 aromatic carbocycles. The number of alkyl halides is 1. The lowest BCUT2D eigenvalue weighted by molar-refractivity contribution is 0.0875. The van der Waals surface area contributed by atoms with E-state index in [1.54, 1.807) is 0 Å². The predicted molar refractivity (Wildman–Crippen MR) is 27.0 cm³/mol. The normalized spacial score (nSPS) is 47.6. The molecule has 0 aromatic rings. The molecule has 1 aliphatic heterocycles. The molecule has 1 N–H and O–H groups in total. The van der Waals surface area contributed by atoms with Gasteiger partial charge in [0.2, 0.25) is 14.3 Å². The summed E-state index contributed by atoms with van der Waals surface area (Å²) in [5.74, 6) is 0. The standard InChI is InChI=1S/C3H7FO3P/c1-8(5)6-2-3(4)7-8/h3,5H,2H2,1H3. The van der Waals surface area contributed by atoms with E-state index in [0.717, 1.165) is 0 Å². The summed E-state index contributed by atoms with van der Waals surface area (Å²) in [5, 5.41) is 0. The Bertz CT molecular complexity index is 96.5. The minimum Gasteiger partial charge on any atom is -0.336 e. The SMILES string of the molecule is C[P]1(O)OCC(F)O1. The Labute approximate surface area is 47.0 Å². The Hall–Kier alpha value is 0.240. The summed E-state index contributed by atoms with van der Waals surface area (Å²) in [6, 6.07) is 0. The van der Waals surface area contributed by atoms with Crippen LogP contribution in [0.4, 0.5) is 4.39 Å². The smallest absolute Gasteiger partial charge is 0.230 e. The van der Waals surface area contributed by atoms with Gasteiger partial charge in [0.25, 0.3) is 0 Å². The van der Waals surface area contributed by atoms with Gasteiger partial charge in [-0.1, -0.05) is 0 Å². The van der Waals surface area contributed by atoms with Gasteiger partial charge in [-0.05, 0) is 0 Å². The first-order valence-electron chi connectivity index (χ1n) is 2.16. The zero-order chi connectivity index (χ0) is 6.20. The van der Waals surface area contributed by atoms with E-state index >= 15 is 0 Å². The van der Waals surface area contributed by atoms with Crippen LogP contribution >= 0.6 is 7.94 Å². The maximum atomic E-state index is 11.9. The van der Waals surface area contributed by atoms with Crippen molar-refractivity contribution in [2.45, 2.75) is 6.36 Å². The van der Waals surface area contributed by atoms with E-state index < -0.39 is 14.3 Å². The van der Waals surface area contributed by atoms with Crippen molar-refractivity contribution in [1.82, 2.24) is 0 Å². The van der Waals surface area contributed by atoms with E-state index in [9.17, 15) is 4.39 Å². The molecule has 0 spiro atoms. The molecule has 1 fully saturated rings. The maximum absolute atomic E-state index is 11.9. The Morgan fingerprint density at radius 3 is 2.62 bits per heavy atom. The molecule has 5 heteroatoms. The van der Waals surface area contributed by atoms with Crippen LogP contribution in [-0.4, -0.2) is 24.5 Å². The molecule has 49 valence electrons. The van der Waals surface area contributed by atoms with Crippen molar-refractivity contribution in [3.05, 3.63) is 0 Å². The van der Waals surface area contributed by atoms with Gasteiger partial charge in [-0.2, -0.15) is 0 Å². The second-order valence-corrected chi connectivity index (χ2v) is 3.69. The van der Waals surface area contributed by atoms with Crippen molar-refractivity contribution in [2.75, 3.05) is 13.3 Å². The molecular formula is C3H7FO3P. The number of rotatable bonds is 0. The third-order valence-electron chi connectivity index (χ3n) is 0.755. The highest BCUT2D eigenvalue weighted by Crippen LogP contribution is 2.58. The lowest BCUT2D eigenvalue weighted by Crippen LogP contribution is -1.97. The molecular weight excluding hydrogens is 134 g/mol. The molecule has 2 atom stereocenters. The molecule has 3 nitrogen and oxygen atoms in total. The zero-order valence-electron chi connectivity index (χ0n) is 4.37. The Morgan fingerprint density at radius 2 is 2.50 bits per heavy atom. The average molecular weight is 141 g/mol. The summed E-state index contributed by atoms with van der Waals surface area (Å²) >= 11 is 0. The molecule has 1 rings (SSSR count). The molecule has 0 aromatic heterocycles. The Balaban J connectivity index is 2.44. The Kier molecular flexibility index (Phi) is 1.50. The van der Waals surface area contributed by atoms with Crippen LogP contribution in [0.25, 0.3) is 0 Å². The van der Waals surface area contributed by atoms with Crippen molar-refractivity contribution in [3.8, 4) is 0 Å². The van der Waals surface area contributed by atoms with Gasteiger partial charge >= 0.3 is 0 Å². The van der Waals surface area contributed by atoms with E-state index in [2.05, 4.69) is 9.05 Å². The minimum atomic E-state index is -2.72. The highest BCUT2D eigenvalue weighted by Gasteiger charge is 2.33. The molecule has 0 amide bonds. The van der Waals surface area contributed by atoms with Gasteiger partial charge in [0.15, 0.2) is 0 Å². The summed E-state index contributed by atoms with van der Waals surface area (Å²) in [5.41, 5.74) is 0. The van der Waals surface area contributed by atoms with E-state index in [1.165, 1.54) is 6.66 Å². The largest absolute Gasteiger partial charge is 0.336 e. The van der Waals surface area contributed by atoms with E-state index in [-0.39, 0.29) is 6.61 Å². The van der Waals surface area contributed by atoms with Crippen molar-refractivity contribution in [2.24, 2.45) is 0 Å². The average Bonchev–Trinajstić information content (AvgIpc) is 1.82. The van der Waals surface area contributed by atoms with Crippen molar-refractivity contribution in [3.63, 3.8) is 0 Å². The fourth-order valence-electron chi connectivity index (χ4n) is 0.470. The third-order valence-corrected chi connectivity index (χ3v) is 2.00. The third kappa shape index (κ3) is 1.36. The van der Waals surface area contributed by atoms with Gasteiger partial charge < -0.3 is 9.42 Å². The van der Waals surface area contributed by atoms with Gasteiger partial charge in [-0.3, -0.25) is 4.52 Å². The molecule has 0 saturated carbocycles. The van der Waals surface area contributed by atoms with E-state index in [4.69, 9.17) is 4.89 Å². The molecule has 1 aliphatic rings. The van der Waals surface area contributed by atoms with E-state index in [1.807, 2.05) is 0 Å². The molecule has 0 bridgehead atoms. The topological polar surface area (TPSA) is 38.7 Å². The maximum Gasteiger partial charge on any atom is 0.230 e. The highest BCUT2D eigenvalue weighted by molar-refractivity contribution is 7.60. The summed E-state index contributed by atoms with van der Waals surface area (Å²) in [4.78, 5) is 8.79. The monoisotopic (exact) mass is 141 g/mol. The summed E-state index contributed by atoms with van der Waals surface area (Å²) in [6.07, 6.45) is -1.43. The predicted octanol–water partition coefficient (Wildman–Crippen LogP) is 0.714. The first kappa shape index (κ1) is 6.36. The molecule has 1 saturated heterocycles. The van der Waals surface area contributed by atoms with Crippen molar-refractivity contribution in [1.29, 1.82) is 0 Å². The molecule has 0 aliphatic carbocycles. The summed E-state index contributed by atoms with van der Waals surface area (Å²) < 4.78 is 20.8. The van der Waals surface area contributed by atoms with Crippen molar-refractivity contribution >= 4 is 7.94 Å². The summed E-state index contributed by atoms with van der Waals surface area (Å²) in [6.45, 7) is 1.22.